The Hall–Kier alpha value is -1.77. The predicted octanol–water partition coefficient (Wildman–Crippen LogP) is 2.01. The zero-order chi connectivity index (χ0) is 17.1. The number of benzene rings is 1. The first-order valence-corrected chi connectivity index (χ1v) is 7.62. The van der Waals surface area contributed by atoms with Crippen molar-refractivity contribution in [3.63, 3.8) is 0 Å². The lowest BCUT2D eigenvalue weighted by Gasteiger charge is -2.14. The fraction of sp³-hybridized carbons (Fsp3) is 0.412. The highest BCUT2D eigenvalue weighted by molar-refractivity contribution is 14.0. The minimum absolute atomic E-state index is 0. The lowest BCUT2D eigenvalue weighted by molar-refractivity contribution is -0.127. The fourth-order valence-corrected chi connectivity index (χ4v) is 1.76. The number of rotatable bonds is 8. The molecule has 0 unspecified atom stereocenters. The van der Waals surface area contributed by atoms with Gasteiger partial charge in [-0.2, -0.15) is 0 Å². The zero-order valence-electron chi connectivity index (χ0n) is 14.5. The molecule has 1 aromatic rings. The smallest absolute Gasteiger partial charge is 0.241 e. The molecule has 0 aliphatic heterocycles. The van der Waals surface area contributed by atoms with E-state index in [9.17, 15) is 4.79 Å². The van der Waals surface area contributed by atoms with Crippen molar-refractivity contribution < 1.29 is 9.53 Å². The van der Waals surface area contributed by atoms with Gasteiger partial charge in [-0.3, -0.25) is 4.79 Å². The second kappa shape index (κ2) is 12.6. The molecule has 1 amide bonds. The molecule has 0 spiro atoms. The highest BCUT2D eigenvalue weighted by Gasteiger charge is 2.06. The number of hydrogen-bond donors (Lipinski definition) is 2. The quantitative estimate of drug-likeness (QED) is 0.278. The average molecular weight is 446 g/mol. The summed E-state index contributed by atoms with van der Waals surface area (Å²) in [7, 11) is 3.44. The SMILES string of the molecule is C=CCNC(=NCc1ccccc1OCC)NCC(=O)N(C)C.I. The van der Waals surface area contributed by atoms with Gasteiger partial charge in [0, 0.05) is 26.2 Å². The normalized spacial score (nSPS) is 10.4. The number of para-hydroxylation sites is 1. The summed E-state index contributed by atoms with van der Waals surface area (Å²) in [6, 6.07) is 7.79. The van der Waals surface area contributed by atoms with Gasteiger partial charge in [-0.05, 0) is 13.0 Å². The van der Waals surface area contributed by atoms with Crippen LogP contribution in [0.5, 0.6) is 5.75 Å². The van der Waals surface area contributed by atoms with Crippen LogP contribution in [0.2, 0.25) is 0 Å². The van der Waals surface area contributed by atoms with E-state index in [-0.39, 0.29) is 36.4 Å². The third-order valence-corrected chi connectivity index (χ3v) is 3.00. The van der Waals surface area contributed by atoms with E-state index in [2.05, 4.69) is 22.2 Å². The maximum atomic E-state index is 11.7. The van der Waals surface area contributed by atoms with Crippen LogP contribution in [0.4, 0.5) is 0 Å². The Morgan fingerprint density at radius 2 is 2.04 bits per heavy atom. The maximum absolute atomic E-state index is 11.7. The van der Waals surface area contributed by atoms with Crippen molar-refractivity contribution in [2.45, 2.75) is 13.5 Å². The van der Waals surface area contributed by atoms with Gasteiger partial charge in [-0.25, -0.2) is 4.99 Å². The molecule has 0 bridgehead atoms. The van der Waals surface area contributed by atoms with Gasteiger partial charge in [-0.1, -0.05) is 24.3 Å². The van der Waals surface area contributed by atoms with Crippen LogP contribution in [0.25, 0.3) is 0 Å². The van der Waals surface area contributed by atoms with Crippen molar-refractivity contribution in [1.82, 2.24) is 15.5 Å². The molecule has 24 heavy (non-hydrogen) atoms. The van der Waals surface area contributed by atoms with Gasteiger partial charge in [0.2, 0.25) is 5.91 Å². The number of nitrogens with one attached hydrogen (secondary N) is 2. The monoisotopic (exact) mass is 446 g/mol. The molecular weight excluding hydrogens is 419 g/mol. The summed E-state index contributed by atoms with van der Waals surface area (Å²) in [5, 5.41) is 6.11. The summed E-state index contributed by atoms with van der Waals surface area (Å²) < 4.78 is 5.59. The second-order valence-corrected chi connectivity index (χ2v) is 5.02. The van der Waals surface area contributed by atoms with E-state index in [0.29, 0.717) is 25.7 Å². The van der Waals surface area contributed by atoms with Gasteiger partial charge < -0.3 is 20.3 Å². The summed E-state index contributed by atoms with van der Waals surface area (Å²) in [4.78, 5) is 17.7. The first-order valence-electron chi connectivity index (χ1n) is 7.62. The molecule has 7 heteroatoms. The molecule has 0 heterocycles. The number of carbonyl (C=O) groups is 1. The lowest BCUT2D eigenvalue weighted by atomic mass is 10.2. The molecule has 2 N–H and O–H groups in total. The molecule has 0 radical (unpaired) electrons. The minimum atomic E-state index is -0.0205. The largest absolute Gasteiger partial charge is 0.494 e. The number of carbonyl (C=O) groups excluding carboxylic acids is 1. The van der Waals surface area contributed by atoms with Crippen LogP contribution in [0.3, 0.4) is 0 Å². The van der Waals surface area contributed by atoms with Gasteiger partial charge in [0.15, 0.2) is 5.96 Å². The lowest BCUT2D eigenvalue weighted by Crippen LogP contribution is -2.43. The molecule has 6 nitrogen and oxygen atoms in total. The summed E-state index contributed by atoms with van der Waals surface area (Å²) >= 11 is 0. The number of likely N-dealkylation sites (N-methyl/N-ethyl adjacent to an activating group) is 1. The average Bonchev–Trinajstić information content (AvgIpc) is 2.55. The molecule has 1 aromatic carbocycles. The fourth-order valence-electron chi connectivity index (χ4n) is 1.76. The maximum Gasteiger partial charge on any atom is 0.241 e. The number of ether oxygens (including phenoxy) is 1. The van der Waals surface area contributed by atoms with Crippen LogP contribution in [0.15, 0.2) is 41.9 Å². The Balaban J connectivity index is 0.00000529. The Morgan fingerprint density at radius 1 is 1.33 bits per heavy atom. The van der Waals surface area contributed by atoms with Crippen LogP contribution in [-0.4, -0.2) is 50.6 Å². The molecule has 0 atom stereocenters. The number of nitrogens with zero attached hydrogens (tertiary/aromatic N) is 2. The molecule has 0 saturated carbocycles. The van der Waals surface area contributed by atoms with Crippen LogP contribution in [0, 0.1) is 0 Å². The van der Waals surface area contributed by atoms with Crippen LogP contribution >= 0.6 is 24.0 Å². The number of amides is 1. The van der Waals surface area contributed by atoms with Crippen LogP contribution < -0.4 is 15.4 Å². The summed E-state index contributed by atoms with van der Waals surface area (Å²) in [6.45, 7) is 7.44. The Kier molecular flexibility index (Phi) is 11.7. The van der Waals surface area contributed by atoms with E-state index in [4.69, 9.17) is 4.74 Å². The summed E-state index contributed by atoms with van der Waals surface area (Å²) in [6.07, 6.45) is 1.74. The number of guanidine groups is 1. The van der Waals surface area contributed by atoms with Crippen LogP contribution in [0.1, 0.15) is 12.5 Å². The number of halogens is 1. The van der Waals surface area contributed by atoms with Gasteiger partial charge >= 0.3 is 0 Å². The van der Waals surface area contributed by atoms with Gasteiger partial charge in [0.25, 0.3) is 0 Å². The number of hydrogen-bond acceptors (Lipinski definition) is 3. The van der Waals surface area contributed by atoms with E-state index in [1.165, 1.54) is 4.90 Å². The summed E-state index contributed by atoms with van der Waals surface area (Å²) in [5.74, 6) is 1.37. The van der Waals surface area contributed by atoms with E-state index in [0.717, 1.165) is 11.3 Å². The second-order valence-electron chi connectivity index (χ2n) is 5.02. The van der Waals surface area contributed by atoms with E-state index in [1.54, 1.807) is 20.2 Å². The highest BCUT2D eigenvalue weighted by Crippen LogP contribution is 2.18. The molecular formula is C17H27IN4O2. The molecule has 0 saturated heterocycles. The van der Waals surface area contributed by atoms with Gasteiger partial charge in [0.1, 0.15) is 5.75 Å². The topological polar surface area (TPSA) is 66.0 Å². The summed E-state index contributed by atoms with van der Waals surface area (Å²) in [5.41, 5.74) is 0.994. The van der Waals surface area contributed by atoms with Crippen molar-refractivity contribution in [3.05, 3.63) is 42.5 Å². The van der Waals surface area contributed by atoms with Crippen LogP contribution in [-0.2, 0) is 11.3 Å². The molecule has 0 aliphatic rings. The van der Waals surface area contributed by atoms with Crippen molar-refractivity contribution >= 4 is 35.8 Å². The zero-order valence-corrected chi connectivity index (χ0v) is 16.9. The van der Waals surface area contributed by atoms with Gasteiger partial charge in [0.05, 0.1) is 19.7 Å². The predicted molar refractivity (Wildman–Crippen MR) is 109 cm³/mol. The van der Waals surface area contributed by atoms with E-state index in [1.807, 2.05) is 31.2 Å². The van der Waals surface area contributed by atoms with Crippen molar-refractivity contribution in [2.75, 3.05) is 33.8 Å². The Labute approximate surface area is 161 Å². The van der Waals surface area contributed by atoms with E-state index < -0.39 is 0 Å². The van der Waals surface area contributed by atoms with Crippen molar-refractivity contribution in [2.24, 2.45) is 4.99 Å². The number of aliphatic imine (C=N–C) groups is 1. The first-order chi connectivity index (χ1) is 11.1. The molecule has 134 valence electrons. The molecule has 0 aliphatic carbocycles. The Bertz CT molecular complexity index is 547. The van der Waals surface area contributed by atoms with Crippen molar-refractivity contribution in [1.29, 1.82) is 0 Å². The molecule has 1 rings (SSSR count). The third kappa shape index (κ3) is 8.19. The van der Waals surface area contributed by atoms with E-state index >= 15 is 0 Å². The van der Waals surface area contributed by atoms with Gasteiger partial charge in [-0.15, -0.1) is 30.6 Å². The Morgan fingerprint density at radius 3 is 2.67 bits per heavy atom. The first kappa shape index (κ1) is 22.2. The van der Waals surface area contributed by atoms with Crippen molar-refractivity contribution in [3.8, 4) is 5.75 Å². The highest BCUT2D eigenvalue weighted by atomic mass is 127. The molecule has 0 fully saturated rings. The third-order valence-electron chi connectivity index (χ3n) is 3.00. The molecule has 0 aromatic heterocycles. The minimum Gasteiger partial charge on any atom is -0.494 e. The standard InChI is InChI=1S/C17H26N4O2.HI/c1-5-11-18-17(20-13-16(22)21(3)4)19-12-14-9-7-8-10-15(14)23-6-2;/h5,7-10H,1,6,11-13H2,2-4H3,(H2,18,19,20);1H.